The Bertz CT molecular complexity index is 560. The minimum absolute atomic E-state index is 0.00594. The second kappa shape index (κ2) is 5.94. The summed E-state index contributed by atoms with van der Waals surface area (Å²) in [4.78, 5) is 14.3. The molecule has 1 saturated carbocycles. The molecule has 1 unspecified atom stereocenters. The van der Waals surface area contributed by atoms with Gasteiger partial charge in [0, 0.05) is 35.4 Å². The third kappa shape index (κ3) is 2.80. The first-order valence-electron chi connectivity index (χ1n) is 7.23. The normalized spacial score (nSPS) is 20.3. The number of hydrogen-bond donors (Lipinski definition) is 2. The third-order valence-electron chi connectivity index (χ3n) is 4.07. The molecule has 0 spiro atoms. The predicted octanol–water partition coefficient (Wildman–Crippen LogP) is 2.28. The number of hydrogen-bond acceptors (Lipinski definition) is 4. The van der Waals surface area contributed by atoms with E-state index in [1.165, 1.54) is 12.8 Å². The fourth-order valence-electron chi connectivity index (χ4n) is 2.85. The van der Waals surface area contributed by atoms with Crippen molar-refractivity contribution in [1.82, 2.24) is 5.32 Å². The standard InChI is InChI=1S/C15H20BrN3O2/c1-17-14-10-7-11(16)13(8-12(10)18-15(14)20)19(5-6-21-2)9-3-4-9/h7-9,14,17H,3-6H2,1-2H3,(H,18,20). The first-order valence-corrected chi connectivity index (χ1v) is 8.02. The van der Waals surface area contributed by atoms with Crippen LogP contribution in [0.15, 0.2) is 16.6 Å². The van der Waals surface area contributed by atoms with Gasteiger partial charge < -0.3 is 20.3 Å². The molecule has 21 heavy (non-hydrogen) atoms. The molecule has 5 nitrogen and oxygen atoms in total. The van der Waals surface area contributed by atoms with Crippen molar-refractivity contribution in [3.63, 3.8) is 0 Å². The highest BCUT2D eigenvalue weighted by atomic mass is 79.9. The number of benzene rings is 1. The van der Waals surface area contributed by atoms with Crippen molar-refractivity contribution >= 4 is 33.2 Å². The number of amides is 1. The molecule has 1 atom stereocenters. The average Bonchev–Trinajstić information content (AvgIpc) is 3.24. The number of rotatable bonds is 6. The molecule has 1 amide bonds. The van der Waals surface area contributed by atoms with Gasteiger partial charge in [-0.3, -0.25) is 4.79 Å². The number of likely N-dealkylation sites (N-methyl/N-ethyl adjacent to an activating group) is 1. The lowest BCUT2D eigenvalue weighted by Crippen LogP contribution is -2.29. The van der Waals surface area contributed by atoms with Crippen molar-refractivity contribution < 1.29 is 9.53 Å². The number of nitrogens with one attached hydrogen (secondary N) is 2. The molecule has 0 saturated heterocycles. The van der Waals surface area contributed by atoms with E-state index in [-0.39, 0.29) is 11.9 Å². The van der Waals surface area contributed by atoms with E-state index in [2.05, 4.69) is 37.5 Å². The molecule has 0 bridgehead atoms. The molecule has 0 aromatic heterocycles. The fourth-order valence-corrected chi connectivity index (χ4v) is 3.44. The van der Waals surface area contributed by atoms with E-state index in [0.717, 1.165) is 28.0 Å². The van der Waals surface area contributed by atoms with Crippen LogP contribution in [0, 0.1) is 0 Å². The molecule has 1 heterocycles. The van der Waals surface area contributed by atoms with Gasteiger partial charge >= 0.3 is 0 Å². The van der Waals surface area contributed by atoms with Gasteiger partial charge in [-0.2, -0.15) is 0 Å². The Kier molecular flexibility index (Phi) is 4.19. The van der Waals surface area contributed by atoms with Gasteiger partial charge in [0.05, 0.1) is 12.3 Å². The fraction of sp³-hybridized carbons (Fsp3) is 0.533. The first kappa shape index (κ1) is 14.8. The summed E-state index contributed by atoms with van der Waals surface area (Å²) in [7, 11) is 3.52. The SMILES string of the molecule is CNC1C(=O)Nc2cc(N(CCOC)C3CC3)c(Br)cc21. The molecule has 6 heteroatoms. The minimum atomic E-state index is -0.265. The van der Waals surface area contributed by atoms with Crippen LogP contribution in [0.4, 0.5) is 11.4 Å². The maximum Gasteiger partial charge on any atom is 0.246 e. The van der Waals surface area contributed by atoms with Crippen LogP contribution in [0.2, 0.25) is 0 Å². The molecule has 0 radical (unpaired) electrons. The van der Waals surface area contributed by atoms with Gasteiger partial charge in [0.1, 0.15) is 6.04 Å². The molecular weight excluding hydrogens is 334 g/mol. The van der Waals surface area contributed by atoms with E-state index < -0.39 is 0 Å². The van der Waals surface area contributed by atoms with Crippen molar-refractivity contribution in [3.8, 4) is 0 Å². The minimum Gasteiger partial charge on any atom is -0.383 e. The van der Waals surface area contributed by atoms with Crippen LogP contribution in [0.3, 0.4) is 0 Å². The van der Waals surface area contributed by atoms with Crippen LogP contribution in [-0.4, -0.2) is 39.3 Å². The molecule has 114 valence electrons. The monoisotopic (exact) mass is 353 g/mol. The van der Waals surface area contributed by atoms with Crippen LogP contribution in [0.1, 0.15) is 24.4 Å². The lowest BCUT2D eigenvalue weighted by atomic mass is 10.1. The summed E-state index contributed by atoms with van der Waals surface area (Å²) < 4.78 is 6.25. The van der Waals surface area contributed by atoms with Crippen LogP contribution >= 0.6 is 15.9 Å². The largest absolute Gasteiger partial charge is 0.383 e. The summed E-state index contributed by atoms with van der Waals surface area (Å²) in [5.41, 5.74) is 3.03. The Morgan fingerprint density at radius 1 is 1.48 bits per heavy atom. The molecule has 1 aromatic carbocycles. The van der Waals surface area contributed by atoms with Gasteiger partial charge in [-0.05, 0) is 48.0 Å². The van der Waals surface area contributed by atoms with E-state index in [1.54, 1.807) is 14.2 Å². The zero-order valence-corrected chi connectivity index (χ0v) is 13.9. The zero-order valence-electron chi connectivity index (χ0n) is 12.3. The lowest BCUT2D eigenvalue weighted by molar-refractivity contribution is -0.117. The summed E-state index contributed by atoms with van der Waals surface area (Å²) in [6.45, 7) is 1.56. The molecule has 2 aliphatic rings. The number of carbonyl (C=O) groups excluding carboxylic acids is 1. The lowest BCUT2D eigenvalue weighted by Gasteiger charge is -2.26. The molecule has 1 aromatic rings. The number of carbonyl (C=O) groups is 1. The quantitative estimate of drug-likeness (QED) is 0.823. The predicted molar refractivity (Wildman–Crippen MR) is 86.8 cm³/mol. The van der Waals surface area contributed by atoms with Crippen molar-refractivity contribution in [3.05, 3.63) is 22.2 Å². The van der Waals surface area contributed by atoms with Gasteiger partial charge in [-0.1, -0.05) is 0 Å². The number of ether oxygens (including phenoxy) is 1. The van der Waals surface area contributed by atoms with E-state index >= 15 is 0 Å². The molecule has 1 aliphatic carbocycles. The highest BCUT2D eigenvalue weighted by Gasteiger charge is 2.34. The number of halogens is 1. The Morgan fingerprint density at radius 2 is 2.24 bits per heavy atom. The van der Waals surface area contributed by atoms with Gasteiger partial charge in [0.15, 0.2) is 0 Å². The van der Waals surface area contributed by atoms with E-state index in [0.29, 0.717) is 12.6 Å². The Labute approximate surface area is 133 Å². The molecule has 3 rings (SSSR count). The van der Waals surface area contributed by atoms with Crippen LogP contribution < -0.4 is 15.5 Å². The Balaban J connectivity index is 1.93. The maximum atomic E-state index is 12.0. The van der Waals surface area contributed by atoms with E-state index in [1.807, 2.05) is 6.07 Å². The molecule has 2 N–H and O–H groups in total. The zero-order chi connectivity index (χ0) is 15.0. The van der Waals surface area contributed by atoms with Gasteiger partial charge in [0.25, 0.3) is 0 Å². The van der Waals surface area contributed by atoms with Crippen LogP contribution in [-0.2, 0) is 9.53 Å². The van der Waals surface area contributed by atoms with E-state index in [9.17, 15) is 4.79 Å². The first-order chi connectivity index (χ1) is 10.2. The highest BCUT2D eigenvalue weighted by molar-refractivity contribution is 9.10. The molecule has 1 aliphatic heterocycles. The second-order valence-corrected chi connectivity index (χ2v) is 6.37. The van der Waals surface area contributed by atoms with Gasteiger partial charge in [-0.25, -0.2) is 0 Å². The Morgan fingerprint density at radius 3 is 2.86 bits per heavy atom. The highest BCUT2D eigenvalue weighted by Crippen LogP contribution is 2.42. The topological polar surface area (TPSA) is 53.6 Å². The summed E-state index contributed by atoms with van der Waals surface area (Å²) in [5, 5.41) is 6.00. The molecule has 1 fully saturated rings. The summed E-state index contributed by atoms with van der Waals surface area (Å²) in [6.07, 6.45) is 2.44. The number of methoxy groups -OCH3 is 1. The van der Waals surface area contributed by atoms with Gasteiger partial charge in [-0.15, -0.1) is 0 Å². The summed E-state index contributed by atoms with van der Waals surface area (Å²) >= 11 is 3.67. The summed E-state index contributed by atoms with van der Waals surface area (Å²) in [5.74, 6) is 0.00594. The smallest absolute Gasteiger partial charge is 0.246 e. The number of nitrogens with zero attached hydrogens (tertiary/aromatic N) is 1. The van der Waals surface area contributed by atoms with Crippen molar-refractivity contribution in [2.24, 2.45) is 0 Å². The Hall–Kier alpha value is -1.11. The summed E-state index contributed by atoms with van der Waals surface area (Å²) in [6, 6.07) is 4.44. The van der Waals surface area contributed by atoms with Crippen molar-refractivity contribution in [2.75, 3.05) is 37.5 Å². The molecular formula is C15H20BrN3O2. The average molecular weight is 354 g/mol. The number of anilines is 2. The number of fused-ring (bicyclic) bond motifs is 1. The van der Waals surface area contributed by atoms with Crippen LogP contribution in [0.5, 0.6) is 0 Å². The van der Waals surface area contributed by atoms with Crippen molar-refractivity contribution in [1.29, 1.82) is 0 Å². The van der Waals surface area contributed by atoms with Crippen molar-refractivity contribution in [2.45, 2.75) is 24.9 Å². The maximum absolute atomic E-state index is 12.0. The van der Waals surface area contributed by atoms with Gasteiger partial charge in [0.2, 0.25) is 5.91 Å². The van der Waals surface area contributed by atoms with Crippen LogP contribution in [0.25, 0.3) is 0 Å². The second-order valence-electron chi connectivity index (χ2n) is 5.52. The van der Waals surface area contributed by atoms with E-state index in [4.69, 9.17) is 4.74 Å². The third-order valence-corrected chi connectivity index (χ3v) is 4.71.